The molecule has 0 spiro atoms. The minimum atomic E-state index is 0.314. The summed E-state index contributed by atoms with van der Waals surface area (Å²) < 4.78 is 0. The number of aromatic nitrogens is 2. The highest BCUT2D eigenvalue weighted by Crippen LogP contribution is 2.17. The summed E-state index contributed by atoms with van der Waals surface area (Å²) in [4.78, 5) is 12.3. The SMILES string of the molecule is Clc1nccc(CCc2ccc3c(c2)C=NC3)n1. The van der Waals surface area contributed by atoms with Crippen molar-refractivity contribution in [1.82, 2.24) is 9.97 Å². The van der Waals surface area contributed by atoms with Gasteiger partial charge < -0.3 is 0 Å². The van der Waals surface area contributed by atoms with E-state index >= 15 is 0 Å². The van der Waals surface area contributed by atoms with Gasteiger partial charge in [-0.2, -0.15) is 0 Å². The molecule has 0 radical (unpaired) electrons. The maximum atomic E-state index is 5.76. The fraction of sp³-hybridized carbons (Fsp3) is 0.214. The van der Waals surface area contributed by atoms with Crippen LogP contribution in [0.4, 0.5) is 0 Å². The monoisotopic (exact) mass is 257 g/mol. The number of aliphatic imine (C=N–C) groups is 1. The Morgan fingerprint density at radius 1 is 1.17 bits per heavy atom. The summed E-state index contributed by atoms with van der Waals surface area (Å²) in [5.74, 6) is 0. The van der Waals surface area contributed by atoms with Gasteiger partial charge in [-0.15, -0.1) is 0 Å². The zero-order valence-corrected chi connectivity index (χ0v) is 10.6. The predicted molar refractivity (Wildman–Crippen MR) is 72.2 cm³/mol. The Balaban J connectivity index is 1.72. The van der Waals surface area contributed by atoms with Crippen LogP contribution in [0.1, 0.15) is 22.4 Å². The molecule has 3 nitrogen and oxygen atoms in total. The summed E-state index contributed by atoms with van der Waals surface area (Å²) in [7, 11) is 0. The molecule has 2 aromatic rings. The van der Waals surface area contributed by atoms with Crippen molar-refractivity contribution in [3.63, 3.8) is 0 Å². The molecule has 0 bridgehead atoms. The van der Waals surface area contributed by atoms with Crippen LogP contribution in [0.15, 0.2) is 35.5 Å². The van der Waals surface area contributed by atoms with Crippen molar-refractivity contribution in [2.75, 3.05) is 0 Å². The van der Waals surface area contributed by atoms with Crippen LogP contribution in [-0.2, 0) is 19.4 Å². The van der Waals surface area contributed by atoms with Gasteiger partial charge in [0.15, 0.2) is 0 Å². The van der Waals surface area contributed by atoms with Gasteiger partial charge in [-0.25, -0.2) is 9.97 Å². The molecular weight excluding hydrogens is 246 g/mol. The van der Waals surface area contributed by atoms with E-state index in [1.807, 2.05) is 12.3 Å². The molecule has 4 heteroatoms. The summed E-state index contributed by atoms with van der Waals surface area (Å²) in [6, 6.07) is 8.43. The number of halogens is 1. The van der Waals surface area contributed by atoms with Gasteiger partial charge in [0.05, 0.1) is 6.54 Å². The van der Waals surface area contributed by atoms with Crippen molar-refractivity contribution < 1.29 is 0 Å². The number of hydrogen-bond donors (Lipinski definition) is 0. The van der Waals surface area contributed by atoms with Crippen molar-refractivity contribution in [1.29, 1.82) is 0 Å². The standard InChI is InChI=1S/C14H12ClN3/c15-14-17-6-5-13(18-14)4-2-10-1-3-11-8-16-9-12(11)7-10/h1,3,5-7,9H,2,4,8H2. The molecule has 0 atom stereocenters. The van der Waals surface area contributed by atoms with E-state index in [4.69, 9.17) is 11.6 Å². The Hall–Kier alpha value is -1.74. The Morgan fingerprint density at radius 3 is 3.00 bits per heavy atom. The van der Waals surface area contributed by atoms with Crippen LogP contribution < -0.4 is 0 Å². The average Bonchev–Trinajstić information content (AvgIpc) is 2.84. The number of benzene rings is 1. The maximum absolute atomic E-state index is 5.76. The molecule has 1 aromatic heterocycles. The van der Waals surface area contributed by atoms with Crippen LogP contribution in [0.25, 0.3) is 0 Å². The molecule has 0 N–H and O–H groups in total. The Labute approximate surface area is 111 Å². The third-order valence-corrected chi connectivity index (χ3v) is 3.24. The summed E-state index contributed by atoms with van der Waals surface area (Å²) in [5.41, 5.74) is 4.83. The topological polar surface area (TPSA) is 38.1 Å². The van der Waals surface area contributed by atoms with Crippen molar-refractivity contribution in [2.45, 2.75) is 19.4 Å². The highest BCUT2D eigenvalue weighted by molar-refractivity contribution is 6.28. The zero-order chi connectivity index (χ0) is 12.4. The third-order valence-electron chi connectivity index (χ3n) is 3.06. The van der Waals surface area contributed by atoms with Gasteiger partial charge in [0.25, 0.3) is 0 Å². The van der Waals surface area contributed by atoms with Gasteiger partial charge in [-0.1, -0.05) is 12.1 Å². The Kier molecular flexibility index (Phi) is 3.07. The van der Waals surface area contributed by atoms with E-state index in [9.17, 15) is 0 Å². The molecule has 2 heterocycles. The number of hydrogen-bond acceptors (Lipinski definition) is 3. The van der Waals surface area contributed by atoms with E-state index in [1.54, 1.807) is 6.20 Å². The van der Waals surface area contributed by atoms with E-state index in [0.717, 1.165) is 25.1 Å². The molecule has 1 aliphatic rings. The largest absolute Gasteiger partial charge is 0.288 e. The predicted octanol–water partition coefficient (Wildman–Crippen LogP) is 2.85. The zero-order valence-electron chi connectivity index (χ0n) is 9.81. The first-order valence-corrected chi connectivity index (χ1v) is 6.28. The normalized spacial score (nSPS) is 12.7. The van der Waals surface area contributed by atoms with Crippen molar-refractivity contribution in [3.05, 3.63) is 58.1 Å². The lowest BCUT2D eigenvalue weighted by molar-refractivity contribution is 0.899. The summed E-state index contributed by atoms with van der Waals surface area (Å²) in [6.07, 6.45) is 5.47. The van der Waals surface area contributed by atoms with Crippen LogP contribution in [0.2, 0.25) is 5.28 Å². The first kappa shape index (κ1) is 11.4. The van der Waals surface area contributed by atoms with Gasteiger partial charge >= 0.3 is 0 Å². The maximum Gasteiger partial charge on any atom is 0.222 e. The first-order valence-electron chi connectivity index (χ1n) is 5.90. The molecule has 0 fully saturated rings. The number of rotatable bonds is 3. The molecule has 0 aliphatic carbocycles. The number of nitrogens with zero attached hydrogens (tertiary/aromatic N) is 3. The average molecular weight is 258 g/mol. The van der Waals surface area contributed by atoms with Gasteiger partial charge in [-0.05, 0) is 53.3 Å². The minimum Gasteiger partial charge on any atom is -0.288 e. The van der Waals surface area contributed by atoms with Crippen LogP contribution in [0, 0.1) is 0 Å². The molecule has 0 saturated carbocycles. The van der Waals surface area contributed by atoms with Gasteiger partial charge in [-0.3, -0.25) is 4.99 Å². The molecule has 18 heavy (non-hydrogen) atoms. The Morgan fingerprint density at radius 2 is 2.11 bits per heavy atom. The molecule has 3 rings (SSSR count). The smallest absolute Gasteiger partial charge is 0.222 e. The number of fused-ring (bicyclic) bond motifs is 1. The van der Waals surface area contributed by atoms with E-state index in [2.05, 4.69) is 33.2 Å². The van der Waals surface area contributed by atoms with Gasteiger partial charge in [0.2, 0.25) is 5.28 Å². The van der Waals surface area contributed by atoms with Gasteiger partial charge in [0, 0.05) is 18.1 Å². The lowest BCUT2D eigenvalue weighted by Crippen LogP contribution is -1.97. The lowest BCUT2D eigenvalue weighted by Gasteiger charge is -2.04. The summed E-state index contributed by atoms with van der Waals surface area (Å²) >= 11 is 5.76. The molecule has 90 valence electrons. The van der Waals surface area contributed by atoms with Crippen molar-refractivity contribution >= 4 is 17.8 Å². The molecule has 0 amide bonds. The Bertz CT molecular complexity index is 608. The lowest BCUT2D eigenvalue weighted by atomic mass is 10.0. The van der Waals surface area contributed by atoms with E-state index < -0.39 is 0 Å². The molecular formula is C14H12ClN3. The second-order valence-corrected chi connectivity index (χ2v) is 4.66. The molecule has 1 aromatic carbocycles. The molecule has 1 aliphatic heterocycles. The van der Waals surface area contributed by atoms with Crippen LogP contribution in [-0.4, -0.2) is 16.2 Å². The fourth-order valence-electron chi connectivity index (χ4n) is 2.09. The van der Waals surface area contributed by atoms with Gasteiger partial charge in [0.1, 0.15) is 0 Å². The highest BCUT2D eigenvalue weighted by Gasteiger charge is 2.06. The van der Waals surface area contributed by atoms with Crippen molar-refractivity contribution in [3.8, 4) is 0 Å². The van der Waals surface area contributed by atoms with Crippen LogP contribution >= 0.6 is 11.6 Å². The summed E-state index contributed by atoms with van der Waals surface area (Å²) in [5, 5.41) is 0.314. The first-order chi connectivity index (χ1) is 8.81. The van der Waals surface area contributed by atoms with Crippen LogP contribution in [0.5, 0.6) is 0 Å². The summed E-state index contributed by atoms with van der Waals surface area (Å²) in [6.45, 7) is 0.817. The molecule has 0 saturated heterocycles. The van der Waals surface area contributed by atoms with Crippen LogP contribution in [0.3, 0.4) is 0 Å². The van der Waals surface area contributed by atoms with E-state index in [-0.39, 0.29) is 0 Å². The quantitative estimate of drug-likeness (QED) is 0.793. The second kappa shape index (κ2) is 4.86. The number of aryl methyl sites for hydroxylation is 2. The minimum absolute atomic E-state index is 0.314. The fourth-order valence-corrected chi connectivity index (χ4v) is 2.25. The highest BCUT2D eigenvalue weighted by atomic mass is 35.5. The second-order valence-electron chi connectivity index (χ2n) is 4.32. The van der Waals surface area contributed by atoms with E-state index in [0.29, 0.717) is 5.28 Å². The molecule has 0 unspecified atom stereocenters. The van der Waals surface area contributed by atoms with E-state index in [1.165, 1.54) is 16.7 Å². The third kappa shape index (κ3) is 2.41. The van der Waals surface area contributed by atoms with Crippen molar-refractivity contribution in [2.24, 2.45) is 4.99 Å².